The van der Waals surface area contributed by atoms with Crippen LogP contribution in [0.1, 0.15) is 43.0 Å². The second kappa shape index (κ2) is 5.55. The number of amides is 1. The summed E-state index contributed by atoms with van der Waals surface area (Å²) in [5.74, 6) is -2.36. The van der Waals surface area contributed by atoms with Gasteiger partial charge in [-0.2, -0.15) is 0 Å². The minimum Gasteiger partial charge on any atom is -0.398 e. The summed E-state index contributed by atoms with van der Waals surface area (Å²) in [6.07, 6.45) is 3.81. The average molecular weight is 268 g/mol. The van der Waals surface area contributed by atoms with Crippen LogP contribution in [0.5, 0.6) is 0 Å². The molecule has 0 saturated heterocycles. The van der Waals surface area contributed by atoms with Crippen molar-refractivity contribution < 1.29 is 13.6 Å². The van der Waals surface area contributed by atoms with Crippen molar-refractivity contribution in [2.45, 2.75) is 38.6 Å². The highest BCUT2D eigenvalue weighted by Gasteiger charge is 2.33. The van der Waals surface area contributed by atoms with E-state index >= 15 is 0 Å². The van der Waals surface area contributed by atoms with Gasteiger partial charge in [-0.15, -0.1) is 0 Å². The number of rotatable bonds is 5. The Labute approximate surface area is 111 Å². The number of hydrogen-bond donors (Lipinski definition) is 1. The van der Waals surface area contributed by atoms with E-state index in [-0.39, 0.29) is 23.2 Å². The van der Waals surface area contributed by atoms with E-state index in [4.69, 9.17) is 5.73 Å². The van der Waals surface area contributed by atoms with E-state index in [9.17, 15) is 13.6 Å². The van der Waals surface area contributed by atoms with Crippen LogP contribution in [-0.2, 0) is 0 Å². The third-order valence-electron chi connectivity index (χ3n) is 3.32. The van der Waals surface area contributed by atoms with E-state index in [2.05, 4.69) is 0 Å². The third-order valence-corrected chi connectivity index (χ3v) is 3.32. The van der Waals surface area contributed by atoms with Crippen LogP contribution in [0.3, 0.4) is 0 Å². The molecular weight excluding hydrogens is 250 g/mol. The maximum Gasteiger partial charge on any atom is 0.256 e. The van der Waals surface area contributed by atoms with Gasteiger partial charge in [0.05, 0.1) is 5.56 Å². The fourth-order valence-corrected chi connectivity index (χ4v) is 2.07. The first-order valence-corrected chi connectivity index (χ1v) is 6.60. The first-order chi connectivity index (χ1) is 9.04. The SMILES string of the molecule is CCCCN(C(=O)c1cc(F)c(F)cc1N)C1CC1. The summed E-state index contributed by atoms with van der Waals surface area (Å²) in [6.45, 7) is 2.68. The molecule has 0 unspecified atom stereocenters. The van der Waals surface area contributed by atoms with Gasteiger partial charge in [0.2, 0.25) is 0 Å². The first kappa shape index (κ1) is 13.8. The summed E-state index contributed by atoms with van der Waals surface area (Å²) in [7, 11) is 0. The number of benzene rings is 1. The second-order valence-corrected chi connectivity index (χ2v) is 4.94. The van der Waals surface area contributed by atoms with Gasteiger partial charge in [-0.3, -0.25) is 4.79 Å². The Bertz CT molecular complexity index is 487. The largest absolute Gasteiger partial charge is 0.398 e. The molecule has 0 aliphatic heterocycles. The summed E-state index contributed by atoms with van der Waals surface area (Å²) in [6, 6.07) is 1.99. The summed E-state index contributed by atoms with van der Waals surface area (Å²) in [5, 5.41) is 0. The fraction of sp³-hybridized carbons (Fsp3) is 0.500. The van der Waals surface area contributed by atoms with E-state index < -0.39 is 11.6 Å². The zero-order valence-electron chi connectivity index (χ0n) is 11.0. The van der Waals surface area contributed by atoms with E-state index in [1.54, 1.807) is 4.90 Å². The Balaban J connectivity index is 2.23. The zero-order chi connectivity index (χ0) is 14.0. The highest BCUT2D eigenvalue weighted by atomic mass is 19.2. The molecule has 1 aromatic rings. The maximum atomic E-state index is 13.3. The summed E-state index contributed by atoms with van der Waals surface area (Å²) >= 11 is 0. The molecule has 104 valence electrons. The Kier molecular flexibility index (Phi) is 4.02. The standard InChI is InChI=1S/C14H18F2N2O/c1-2-3-6-18(9-4-5-9)14(19)10-7-11(15)12(16)8-13(10)17/h7-9H,2-6,17H2,1H3. The molecule has 1 aromatic carbocycles. The highest BCUT2D eigenvalue weighted by Crippen LogP contribution is 2.30. The number of anilines is 1. The number of nitrogens with zero attached hydrogens (tertiary/aromatic N) is 1. The van der Waals surface area contributed by atoms with Crippen LogP contribution < -0.4 is 5.73 Å². The number of carbonyl (C=O) groups excluding carboxylic acids is 1. The number of halogens is 2. The van der Waals surface area contributed by atoms with Gasteiger partial charge in [-0.25, -0.2) is 8.78 Å². The molecule has 0 heterocycles. The minimum absolute atomic E-state index is 0.00829. The molecule has 2 N–H and O–H groups in total. The van der Waals surface area contributed by atoms with Crippen molar-refractivity contribution in [1.29, 1.82) is 0 Å². The smallest absolute Gasteiger partial charge is 0.256 e. The maximum absolute atomic E-state index is 13.3. The third kappa shape index (κ3) is 3.03. The van der Waals surface area contributed by atoms with Gasteiger partial charge in [0, 0.05) is 24.3 Å². The fourth-order valence-electron chi connectivity index (χ4n) is 2.07. The second-order valence-electron chi connectivity index (χ2n) is 4.94. The highest BCUT2D eigenvalue weighted by molar-refractivity contribution is 5.99. The van der Waals surface area contributed by atoms with Crippen LogP contribution in [0.4, 0.5) is 14.5 Å². The zero-order valence-corrected chi connectivity index (χ0v) is 11.0. The molecule has 0 aromatic heterocycles. The molecule has 1 amide bonds. The molecule has 1 aliphatic carbocycles. The van der Waals surface area contributed by atoms with Crippen LogP contribution in [0.2, 0.25) is 0 Å². The van der Waals surface area contributed by atoms with E-state index in [0.717, 1.165) is 37.8 Å². The average Bonchev–Trinajstić information content (AvgIpc) is 3.18. The number of unbranched alkanes of at least 4 members (excludes halogenated alkanes) is 1. The van der Waals surface area contributed by atoms with Crippen LogP contribution >= 0.6 is 0 Å². The van der Waals surface area contributed by atoms with Gasteiger partial charge in [-0.1, -0.05) is 13.3 Å². The molecule has 1 fully saturated rings. The molecule has 2 rings (SSSR count). The molecule has 0 spiro atoms. The van der Waals surface area contributed by atoms with E-state index in [1.807, 2.05) is 6.92 Å². The lowest BCUT2D eigenvalue weighted by Crippen LogP contribution is -2.34. The summed E-state index contributed by atoms with van der Waals surface area (Å²) in [5.41, 5.74) is 5.67. The molecule has 0 bridgehead atoms. The van der Waals surface area contributed by atoms with Crippen LogP contribution in [0.25, 0.3) is 0 Å². The van der Waals surface area contributed by atoms with E-state index in [1.165, 1.54) is 0 Å². The number of nitrogen functional groups attached to an aromatic ring is 1. The predicted octanol–water partition coefficient (Wildman–Crippen LogP) is 2.95. The van der Waals surface area contributed by atoms with Crippen molar-refractivity contribution in [1.82, 2.24) is 4.90 Å². The Hall–Kier alpha value is -1.65. The van der Waals surface area contributed by atoms with Crippen molar-refractivity contribution in [3.63, 3.8) is 0 Å². The van der Waals surface area contributed by atoms with Crippen molar-refractivity contribution in [2.24, 2.45) is 0 Å². The molecule has 0 radical (unpaired) electrons. The lowest BCUT2D eigenvalue weighted by atomic mass is 10.1. The molecule has 3 nitrogen and oxygen atoms in total. The molecule has 1 saturated carbocycles. The first-order valence-electron chi connectivity index (χ1n) is 6.60. The van der Waals surface area contributed by atoms with Crippen molar-refractivity contribution in [3.8, 4) is 0 Å². The van der Waals surface area contributed by atoms with Crippen LogP contribution in [0, 0.1) is 11.6 Å². The number of carbonyl (C=O) groups is 1. The lowest BCUT2D eigenvalue weighted by molar-refractivity contribution is 0.0741. The quantitative estimate of drug-likeness (QED) is 0.834. The number of nitrogens with two attached hydrogens (primary N) is 1. The van der Waals surface area contributed by atoms with Gasteiger partial charge in [0.15, 0.2) is 11.6 Å². The minimum atomic E-state index is -1.04. The van der Waals surface area contributed by atoms with E-state index in [0.29, 0.717) is 6.54 Å². The summed E-state index contributed by atoms with van der Waals surface area (Å²) in [4.78, 5) is 14.1. The molecular formula is C14H18F2N2O. The lowest BCUT2D eigenvalue weighted by Gasteiger charge is -2.23. The van der Waals surface area contributed by atoms with Gasteiger partial charge in [-0.05, 0) is 25.3 Å². The molecule has 5 heteroatoms. The molecule has 1 aliphatic rings. The van der Waals surface area contributed by atoms with Gasteiger partial charge in [0.1, 0.15) is 0 Å². The van der Waals surface area contributed by atoms with Gasteiger partial charge in [0.25, 0.3) is 5.91 Å². The number of hydrogen-bond acceptors (Lipinski definition) is 2. The van der Waals surface area contributed by atoms with Crippen molar-refractivity contribution in [3.05, 3.63) is 29.3 Å². The molecule has 0 atom stereocenters. The monoisotopic (exact) mass is 268 g/mol. The Morgan fingerprint density at radius 2 is 2.00 bits per heavy atom. The van der Waals surface area contributed by atoms with Gasteiger partial charge >= 0.3 is 0 Å². The normalized spacial score (nSPS) is 14.5. The van der Waals surface area contributed by atoms with Crippen molar-refractivity contribution >= 4 is 11.6 Å². The molecule has 19 heavy (non-hydrogen) atoms. The van der Waals surface area contributed by atoms with Gasteiger partial charge < -0.3 is 10.6 Å². The predicted molar refractivity (Wildman–Crippen MR) is 69.7 cm³/mol. The summed E-state index contributed by atoms with van der Waals surface area (Å²) < 4.78 is 26.3. The Morgan fingerprint density at radius 3 is 2.58 bits per heavy atom. The van der Waals surface area contributed by atoms with Crippen LogP contribution in [-0.4, -0.2) is 23.4 Å². The van der Waals surface area contributed by atoms with Crippen molar-refractivity contribution in [2.75, 3.05) is 12.3 Å². The Morgan fingerprint density at radius 1 is 1.37 bits per heavy atom. The topological polar surface area (TPSA) is 46.3 Å². The van der Waals surface area contributed by atoms with Crippen LogP contribution in [0.15, 0.2) is 12.1 Å².